The Bertz CT molecular complexity index is 462. The number of carboxylic acid groups (broad SMARTS) is 1. The summed E-state index contributed by atoms with van der Waals surface area (Å²) in [5.41, 5.74) is 5.10. The average Bonchev–Trinajstić information content (AvgIpc) is 2.75. The minimum Gasteiger partial charge on any atom is -0.481 e. The van der Waals surface area contributed by atoms with Crippen LogP contribution >= 0.6 is 11.8 Å². The van der Waals surface area contributed by atoms with Crippen molar-refractivity contribution in [3.63, 3.8) is 0 Å². The number of aryl methyl sites for hydroxylation is 1. The van der Waals surface area contributed by atoms with E-state index in [1.807, 2.05) is 4.57 Å². The van der Waals surface area contributed by atoms with Crippen LogP contribution in [0.2, 0.25) is 0 Å². The van der Waals surface area contributed by atoms with Gasteiger partial charge in [0.05, 0.1) is 5.75 Å². The van der Waals surface area contributed by atoms with Crippen LogP contribution in [0.4, 0.5) is 0 Å². The highest BCUT2D eigenvalue weighted by molar-refractivity contribution is 7.99. The molecule has 0 aliphatic carbocycles. The van der Waals surface area contributed by atoms with E-state index in [9.17, 15) is 9.59 Å². The van der Waals surface area contributed by atoms with Gasteiger partial charge in [0.2, 0.25) is 5.91 Å². The van der Waals surface area contributed by atoms with E-state index in [2.05, 4.69) is 17.1 Å². The lowest BCUT2D eigenvalue weighted by Crippen LogP contribution is -2.11. The van der Waals surface area contributed by atoms with Gasteiger partial charge in [0.25, 0.3) is 0 Å². The Morgan fingerprint density at radius 3 is 2.70 bits per heavy atom. The Morgan fingerprint density at radius 2 is 2.10 bits per heavy atom. The van der Waals surface area contributed by atoms with E-state index in [1.54, 1.807) is 0 Å². The van der Waals surface area contributed by atoms with E-state index in [1.165, 1.54) is 0 Å². The fourth-order valence-corrected chi connectivity index (χ4v) is 2.46. The maximum atomic E-state index is 10.7. The molecule has 0 aliphatic rings. The number of aliphatic carboxylic acids is 1. The summed E-state index contributed by atoms with van der Waals surface area (Å²) in [6.07, 6.45) is 3.61. The largest absolute Gasteiger partial charge is 0.481 e. The van der Waals surface area contributed by atoms with Crippen LogP contribution < -0.4 is 5.73 Å². The molecule has 1 aromatic heterocycles. The van der Waals surface area contributed by atoms with Crippen molar-refractivity contribution in [2.24, 2.45) is 5.73 Å². The molecule has 0 aliphatic heterocycles. The van der Waals surface area contributed by atoms with Crippen LogP contribution in [-0.2, 0) is 22.6 Å². The number of hydrogen-bond acceptors (Lipinski definition) is 5. The van der Waals surface area contributed by atoms with Gasteiger partial charge in [0.1, 0.15) is 5.82 Å². The van der Waals surface area contributed by atoms with Gasteiger partial charge in [-0.05, 0) is 19.3 Å². The SMILES string of the molecule is CCCc1nnc(SCC(=O)O)n1CCCCC(N)=O. The Hall–Kier alpha value is -1.57. The van der Waals surface area contributed by atoms with Gasteiger partial charge >= 0.3 is 5.97 Å². The van der Waals surface area contributed by atoms with Gasteiger partial charge in [-0.25, -0.2) is 0 Å². The quantitative estimate of drug-likeness (QED) is 0.494. The Balaban J connectivity index is 2.64. The van der Waals surface area contributed by atoms with Gasteiger partial charge in [0, 0.05) is 19.4 Å². The molecular formula is C12H20N4O3S. The highest BCUT2D eigenvalue weighted by Gasteiger charge is 2.13. The van der Waals surface area contributed by atoms with E-state index < -0.39 is 5.97 Å². The smallest absolute Gasteiger partial charge is 0.313 e. The first-order valence-corrected chi connectivity index (χ1v) is 7.58. The van der Waals surface area contributed by atoms with Gasteiger partial charge in [-0.15, -0.1) is 10.2 Å². The van der Waals surface area contributed by atoms with Crippen LogP contribution in [0.5, 0.6) is 0 Å². The van der Waals surface area contributed by atoms with E-state index in [4.69, 9.17) is 10.8 Å². The van der Waals surface area contributed by atoms with Crippen LogP contribution in [0.3, 0.4) is 0 Å². The number of rotatable bonds is 10. The second-order valence-corrected chi connectivity index (χ2v) is 5.35. The number of thioether (sulfide) groups is 1. The molecule has 0 unspecified atom stereocenters. The molecule has 0 aromatic carbocycles. The molecule has 1 rings (SSSR count). The molecule has 0 saturated heterocycles. The standard InChI is InChI=1S/C12H20N4O3S/c1-2-5-10-14-15-12(20-8-11(18)19)16(10)7-4-3-6-9(13)17/h2-8H2,1H3,(H2,13,17)(H,18,19). The molecule has 0 atom stereocenters. The van der Waals surface area contributed by atoms with Crippen LogP contribution in [0.15, 0.2) is 5.16 Å². The summed E-state index contributed by atoms with van der Waals surface area (Å²) in [6, 6.07) is 0. The maximum Gasteiger partial charge on any atom is 0.313 e. The maximum absolute atomic E-state index is 10.7. The number of hydrogen-bond donors (Lipinski definition) is 2. The predicted octanol–water partition coefficient (Wildman–Crippen LogP) is 1.06. The van der Waals surface area contributed by atoms with Crippen molar-refractivity contribution in [2.75, 3.05) is 5.75 Å². The van der Waals surface area contributed by atoms with Gasteiger partial charge in [-0.2, -0.15) is 0 Å². The molecule has 112 valence electrons. The number of nitrogens with two attached hydrogens (primary N) is 1. The number of amides is 1. The summed E-state index contributed by atoms with van der Waals surface area (Å²) >= 11 is 1.16. The molecule has 8 heteroatoms. The lowest BCUT2D eigenvalue weighted by molar-refractivity contribution is -0.133. The Labute approximate surface area is 121 Å². The normalized spacial score (nSPS) is 10.7. The highest BCUT2D eigenvalue weighted by atomic mass is 32.2. The third kappa shape index (κ3) is 5.60. The van der Waals surface area contributed by atoms with Crippen molar-refractivity contribution in [1.29, 1.82) is 0 Å². The highest BCUT2D eigenvalue weighted by Crippen LogP contribution is 2.18. The summed E-state index contributed by atoms with van der Waals surface area (Å²) < 4.78 is 1.94. The van der Waals surface area contributed by atoms with Gasteiger partial charge in [0.15, 0.2) is 5.16 Å². The third-order valence-corrected chi connectivity index (χ3v) is 3.60. The van der Waals surface area contributed by atoms with Gasteiger partial charge in [-0.3, -0.25) is 9.59 Å². The molecule has 20 heavy (non-hydrogen) atoms. The molecule has 0 radical (unpaired) electrons. The number of primary amides is 1. The van der Waals surface area contributed by atoms with Crippen molar-refractivity contribution >= 4 is 23.6 Å². The zero-order chi connectivity index (χ0) is 15.0. The number of unbranched alkanes of at least 4 members (excludes halogenated alkanes) is 1. The zero-order valence-corrected chi connectivity index (χ0v) is 12.4. The molecule has 1 heterocycles. The van der Waals surface area contributed by atoms with E-state index in [0.29, 0.717) is 24.5 Å². The summed E-state index contributed by atoms with van der Waals surface area (Å²) in [5.74, 6) is -0.358. The molecule has 0 bridgehead atoms. The second-order valence-electron chi connectivity index (χ2n) is 4.41. The van der Waals surface area contributed by atoms with Gasteiger partial charge < -0.3 is 15.4 Å². The van der Waals surface area contributed by atoms with Crippen molar-refractivity contribution in [3.8, 4) is 0 Å². The molecular weight excluding hydrogens is 280 g/mol. The van der Waals surface area contributed by atoms with Crippen molar-refractivity contribution in [2.45, 2.75) is 50.7 Å². The molecule has 1 amide bonds. The summed E-state index contributed by atoms with van der Waals surface area (Å²) in [7, 11) is 0. The fraction of sp³-hybridized carbons (Fsp3) is 0.667. The van der Waals surface area contributed by atoms with Crippen molar-refractivity contribution < 1.29 is 14.7 Å². The number of carbonyl (C=O) groups excluding carboxylic acids is 1. The van der Waals surface area contributed by atoms with Crippen molar-refractivity contribution in [3.05, 3.63) is 5.82 Å². The van der Waals surface area contributed by atoms with E-state index >= 15 is 0 Å². The van der Waals surface area contributed by atoms with E-state index in [0.717, 1.165) is 36.8 Å². The Kier molecular flexibility index (Phi) is 7.06. The fourth-order valence-electron chi connectivity index (χ4n) is 1.75. The predicted molar refractivity (Wildman–Crippen MR) is 75.4 cm³/mol. The lowest BCUT2D eigenvalue weighted by Gasteiger charge is -2.08. The minimum absolute atomic E-state index is 0.0362. The van der Waals surface area contributed by atoms with Crippen LogP contribution in [-0.4, -0.2) is 37.5 Å². The van der Waals surface area contributed by atoms with E-state index in [-0.39, 0.29) is 11.7 Å². The number of nitrogens with zero attached hydrogens (tertiary/aromatic N) is 3. The third-order valence-electron chi connectivity index (χ3n) is 2.65. The Morgan fingerprint density at radius 1 is 1.35 bits per heavy atom. The zero-order valence-electron chi connectivity index (χ0n) is 11.5. The first kappa shape index (κ1) is 16.5. The van der Waals surface area contributed by atoms with Crippen LogP contribution in [0.25, 0.3) is 0 Å². The molecule has 1 aromatic rings. The first-order valence-electron chi connectivity index (χ1n) is 6.59. The minimum atomic E-state index is -0.879. The molecule has 7 nitrogen and oxygen atoms in total. The van der Waals surface area contributed by atoms with Crippen LogP contribution in [0, 0.1) is 0 Å². The number of carboxylic acids is 1. The van der Waals surface area contributed by atoms with Crippen molar-refractivity contribution in [1.82, 2.24) is 14.8 Å². The topological polar surface area (TPSA) is 111 Å². The number of carbonyl (C=O) groups is 2. The number of aromatic nitrogens is 3. The summed E-state index contributed by atoms with van der Waals surface area (Å²) in [4.78, 5) is 21.3. The molecule has 0 spiro atoms. The van der Waals surface area contributed by atoms with Gasteiger partial charge in [-0.1, -0.05) is 18.7 Å². The van der Waals surface area contributed by atoms with Crippen LogP contribution in [0.1, 0.15) is 38.4 Å². The molecule has 0 fully saturated rings. The summed E-state index contributed by atoms with van der Waals surface area (Å²) in [6.45, 7) is 2.73. The monoisotopic (exact) mass is 300 g/mol. The molecule has 0 saturated carbocycles. The average molecular weight is 300 g/mol. The first-order chi connectivity index (χ1) is 9.54. The molecule has 3 N–H and O–H groups in total. The summed E-state index contributed by atoms with van der Waals surface area (Å²) in [5, 5.41) is 17.5. The lowest BCUT2D eigenvalue weighted by atomic mass is 10.2. The second kappa shape index (κ2) is 8.57.